The third kappa shape index (κ3) is 2.94. The second-order valence-corrected chi connectivity index (χ2v) is 5.58. The largest absolute Gasteiger partial charge is 0.361 e. The van der Waals surface area contributed by atoms with E-state index in [4.69, 9.17) is 4.52 Å². The molecule has 1 fully saturated rings. The van der Waals surface area contributed by atoms with Crippen molar-refractivity contribution in [3.63, 3.8) is 0 Å². The van der Waals surface area contributed by atoms with Gasteiger partial charge in [0.1, 0.15) is 11.5 Å². The minimum atomic E-state index is -0.0210. The highest BCUT2D eigenvalue weighted by Crippen LogP contribution is 2.40. The number of carbonyl (C=O) groups is 1. The van der Waals surface area contributed by atoms with E-state index in [1.165, 1.54) is 19.8 Å². The van der Waals surface area contributed by atoms with Gasteiger partial charge in [-0.1, -0.05) is 5.16 Å². The van der Waals surface area contributed by atoms with Crippen molar-refractivity contribution in [2.45, 2.75) is 39.2 Å². The van der Waals surface area contributed by atoms with E-state index in [9.17, 15) is 4.79 Å². The maximum atomic E-state index is 11.4. The number of aryl methyl sites for hydroxylation is 1. The smallest absolute Gasteiger partial charge is 0.225 e. The molecule has 0 bridgehead atoms. The lowest BCUT2D eigenvalue weighted by Gasteiger charge is -2.16. The molecule has 0 radical (unpaired) electrons. The van der Waals surface area contributed by atoms with Crippen LogP contribution in [0.3, 0.4) is 0 Å². The van der Waals surface area contributed by atoms with Crippen molar-refractivity contribution in [2.24, 2.45) is 0 Å². The van der Waals surface area contributed by atoms with Gasteiger partial charge in [-0.3, -0.25) is 4.79 Å². The molecule has 0 aliphatic heterocycles. The van der Waals surface area contributed by atoms with E-state index in [1.54, 1.807) is 6.20 Å². The third-order valence-corrected chi connectivity index (χ3v) is 3.64. The average molecular weight is 286 g/mol. The summed E-state index contributed by atoms with van der Waals surface area (Å²) in [5, 5.41) is 4.08. The van der Waals surface area contributed by atoms with Crippen LogP contribution in [0.5, 0.6) is 0 Å². The number of hydrogen-bond acceptors (Lipinski definition) is 6. The van der Waals surface area contributed by atoms with Gasteiger partial charge in [0.25, 0.3) is 0 Å². The topological polar surface area (TPSA) is 72.1 Å². The number of carbonyl (C=O) groups excluding carboxylic acids is 1. The van der Waals surface area contributed by atoms with E-state index >= 15 is 0 Å². The second kappa shape index (κ2) is 5.27. The Morgan fingerprint density at radius 2 is 2.24 bits per heavy atom. The van der Waals surface area contributed by atoms with Crippen LogP contribution in [0, 0.1) is 6.92 Å². The van der Waals surface area contributed by atoms with Crippen LogP contribution in [0.2, 0.25) is 0 Å². The van der Waals surface area contributed by atoms with Crippen LogP contribution in [0.4, 0.5) is 5.95 Å². The quantitative estimate of drug-likeness (QED) is 0.786. The van der Waals surface area contributed by atoms with Crippen molar-refractivity contribution in [2.75, 3.05) is 11.9 Å². The van der Waals surface area contributed by atoms with E-state index in [0.717, 1.165) is 11.5 Å². The highest BCUT2D eigenvalue weighted by Gasteiger charge is 2.28. The Kier molecular flexibility index (Phi) is 3.45. The first kappa shape index (κ1) is 13.7. The van der Waals surface area contributed by atoms with Crippen LogP contribution in [0.15, 0.2) is 16.8 Å². The first-order valence-corrected chi connectivity index (χ1v) is 7.06. The van der Waals surface area contributed by atoms with Crippen LogP contribution < -0.4 is 4.90 Å². The molecule has 0 saturated heterocycles. The maximum absolute atomic E-state index is 11.4. The van der Waals surface area contributed by atoms with E-state index in [-0.39, 0.29) is 5.78 Å². The molecule has 2 aromatic rings. The second-order valence-electron chi connectivity index (χ2n) is 5.58. The van der Waals surface area contributed by atoms with Gasteiger partial charge in [0.2, 0.25) is 5.95 Å². The molecular formula is C15H18N4O2. The molecule has 6 heteroatoms. The summed E-state index contributed by atoms with van der Waals surface area (Å²) in [6, 6.07) is 2.00. The molecule has 2 heterocycles. The maximum Gasteiger partial charge on any atom is 0.225 e. The number of hydrogen-bond donors (Lipinski definition) is 0. The number of nitrogens with zero attached hydrogens (tertiary/aromatic N) is 4. The van der Waals surface area contributed by atoms with Gasteiger partial charge < -0.3 is 9.42 Å². The average Bonchev–Trinajstić information content (AvgIpc) is 3.19. The molecule has 3 rings (SSSR count). The Balaban J connectivity index is 1.73. The van der Waals surface area contributed by atoms with Gasteiger partial charge in [-0.15, -0.1) is 0 Å². The minimum Gasteiger partial charge on any atom is -0.361 e. The van der Waals surface area contributed by atoms with Crippen molar-refractivity contribution in [1.82, 2.24) is 15.1 Å². The Labute approximate surface area is 123 Å². The van der Waals surface area contributed by atoms with E-state index < -0.39 is 0 Å². The summed E-state index contributed by atoms with van der Waals surface area (Å²) in [5.74, 6) is 2.09. The summed E-state index contributed by atoms with van der Waals surface area (Å²) in [5.41, 5.74) is 2.12. The Hall–Kier alpha value is -2.24. The van der Waals surface area contributed by atoms with Crippen LogP contribution in [0.25, 0.3) is 0 Å². The van der Waals surface area contributed by atoms with Crippen molar-refractivity contribution in [1.29, 1.82) is 0 Å². The third-order valence-electron chi connectivity index (χ3n) is 3.64. The normalized spacial score (nSPS) is 14.2. The zero-order valence-electron chi connectivity index (χ0n) is 12.5. The fourth-order valence-electron chi connectivity index (χ4n) is 2.26. The molecule has 0 unspecified atom stereocenters. The lowest BCUT2D eigenvalue weighted by molar-refractivity contribution is 0.101. The monoisotopic (exact) mass is 286 g/mol. The molecule has 2 aromatic heterocycles. The molecule has 0 aromatic carbocycles. The summed E-state index contributed by atoms with van der Waals surface area (Å²) in [4.78, 5) is 21.9. The van der Waals surface area contributed by atoms with Gasteiger partial charge in [0.15, 0.2) is 5.78 Å². The van der Waals surface area contributed by atoms with Gasteiger partial charge in [-0.2, -0.15) is 0 Å². The van der Waals surface area contributed by atoms with Gasteiger partial charge in [-0.25, -0.2) is 9.97 Å². The van der Waals surface area contributed by atoms with Crippen LogP contribution in [-0.4, -0.2) is 28.0 Å². The number of ketones is 1. The van der Waals surface area contributed by atoms with Gasteiger partial charge >= 0.3 is 0 Å². The molecule has 1 aliphatic carbocycles. The molecule has 0 atom stereocenters. The van der Waals surface area contributed by atoms with Gasteiger partial charge in [0, 0.05) is 25.2 Å². The van der Waals surface area contributed by atoms with Crippen molar-refractivity contribution in [3.8, 4) is 0 Å². The molecule has 1 aliphatic rings. The fraction of sp³-hybridized carbons (Fsp3) is 0.467. The van der Waals surface area contributed by atoms with Gasteiger partial charge in [-0.05, 0) is 26.7 Å². The first-order valence-electron chi connectivity index (χ1n) is 7.06. The van der Waals surface area contributed by atoms with Crippen molar-refractivity contribution >= 4 is 11.7 Å². The Bertz CT molecular complexity index is 676. The van der Waals surface area contributed by atoms with Crippen LogP contribution >= 0.6 is 0 Å². The zero-order chi connectivity index (χ0) is 15.0. The minimum absolute atomic E-state index is 0.0210. The fourth-order valence-corrected chi connectivity index (χ4v) is 2.26. The summed E-state index contributed by atoms with van der Waals surface area (Å²) in [6.07, 6.45) is 3.97. The van der Waals surface area contributed by atoms with E-state index in [2.05, 4.69) is 15.1 Å². The van der Waals surface area contributed by atoms with Crippen LogP contribution in [0.1, 0.15) is 53.2 Å². The van der Waals surface area contributed by atoms with E-state index in [0.29, 0.717) is 29.7 Å². The number of anilines is 1. The van der Waals surface area contributed by atoms with E-state index in [1.807, 2.05) is 24.9 Å². The molecule has 1 saturated carbocycles. The highest BCUT2D eigenvalue weighted by atomic mass is 16.5. The van der Waals surface area contributed by atoms with Crippen LogP contribution in [-0.2, 0) is 6.54 Å². The SMILES string of the molecule is CC(=O)c1cnc(N(C)Cc2cc(C3CC3)on2)nc1C. The lowest BCUT2D eigenvalue weighted by Crippen LogP contribution is -2.20. The molecule has 110 valence electrons. The summed E-state index contributed by atoms with van der Waals surface area (Å²) in [6.45, 7) is 3.91. The summed E-state index contributed by atoms with van der Waals surface area (Å²) < 4.78 is 5.34. The molecule has 6 nitrogen and oxygen atoms in total. The molecule has 0 N–H and O–H groups in total. The highest BCUT2D eigenvalue weighted by molar-refractivity contribution is 5.94. The number of aromatic nitrogens is 3. The number of rotatable bonds is 5. The van der Waals surface area contributed by atoms with Crippen molar-refractivity contribution in [3.05, 3.63) is 35.0 Å². The molecule has 21 heavy (non-hydrogen) atoms. The summed E-state index contributed by atoms with van der Waals surface area (Å²) in [7, 11) is 1.90. The summed E-state index contributed by atoms with van der Waals surface area (Å²) >= 11 is 0. The molecular weight excluding hydrogens is 268 g/mol. The Morgan fingerprint density at radius 1 is 1.48 bits per heavy atom. The predicted octanol–water partition coefficient (Wildman–Crippen LogP) is 2.49. The van der Waals surface area contributed by atoms with Crippen molar-refractivity contribution < 1.29 is 9.32 Å². The molecule has 0 spiro atoms. The Morgan fingerprint density at radius 3 is 2.86 bits per heavy atom. The number of Topliss-reactive ketones (excluding diaryl/α,β-unsaturated/α-hetero) is 1. The standard InChI is InChI=1S/C15H18N4O2/c1-9-13(10(2)20)7-16-15(17-9)19(3)8-12-6-14(21-18-12)11-4-5-11/h6-7,11H,4-5,8H2,1-3H3. The lowest BCUT2D eigenvalue weighted by atomic mass is 10.2. The predicted molar refractivity (Wildman–Crippen MR) is 77.4 cm³/mol. The molecule has 0 amide bonds. The zero-order valence-corrected chi connectivity index (χ0v) is 12.5. The van der Waals surface area contributed by atoms with Gasteiger partial charge in [0.05, 0.1) is 17.8 Å². The first-order chi connectivity index (χ1) is 10.0.